The number of ether oxygens (including phenoxy) is 2. The molecule has 0 radical (unpaired) electrons. The van der Waals surface area contributed by atoms with Gasteiger partial charge in [-0.3, -0.25) is 4.79 Å². The molecule has 2 rings (SSSR count). The Balaban J connectivity index is 2.30. The van der Waals surface area contributed by atoms with Crippen LogP contribution in [-0.2, 0) is 15.7 Å². The minimum atomic E-state index is -4.55. The number of alkyl halides is 3. The molecular weight excluding hydrogens is 249 g/mol. The third kappa shape index (κ3) is 2.70. The van der Waals surface area contributed by atoms with Crippen molar-refractivity contribution in [3.63, 3.8) is 0 Å². The Morgan fingerprint density at radius 1 is 1.22 bits per heavy atom. The monoisotopic (exact) mass is 260 g/mol. The van der Waals surface area contributed by atoms with Crippen molar-refractivity contribution in [3.8, 4) is 0 Å². The van der Waals surface area contributed by atoms with Crippen molar-refractivity contribution in [2.24, 2.45) is 0 Å². The van der Waals surface area contributed by atoms with E-state index in [-0.39, 0.29) is 18.8 Å². The molecule has 6 heteroatoms. The number of carbonyl (C=O) groups excluding carboxylic acids is 1. The first-order chi connectivity index (χ1) is 8.50. The van der Waals surface area contributed by atoms with Crippen molar-refractivity contribution < 1.29 is 27.4 Å². The molecule has 0 bridgehead atoms. The number of rotatable bonds is 2. The van der Waals surface area contributed by atoms with Crippen LogP contribution in [0.15, 0.2) is 24.3 Å². The van der Waals surface area contributed by atoms with Crippen LogP contribution in [0.4, 0.5) is 13.2 Å². The van der Waals surface area contributed by atoms with Crippen molar-refractivity contribution in [2.45, 2.75) is 12.3 Å². The van der Waals surface area contributed by atoms with Gasteiger partial charge in [-0.05, 0) is 6.07 Å². The zero-order valence-electron chi connectivity index (χ0n) is 9.37. The van der Waals surface area contributed by atoms with Gasteiger partial charge in [-0.25, -0.2) is 0 Å². The minimum Gasteiger partial charge on any atom is -0.376 e. The fourth-order valence-corrected chi connectivity index (χ4v) is 1.76. The molecular formula is C12H11F3O3. The van der Waals surface area contributed by atoms with Crippen LogP contribution in [0, 0.1) is 0 Å². The second-order valence-electron chi connectivity index (χ2n) is 3.84. The van der Waals surface area contributed by atoms with Crippen LogP contribution in [0.3, 0.4) is 0 Å². The van der Waals surface area contributed by atoms with Gasteiger partial charge in [0.15, 0.2) is 5.78 Å². The summed E-state index contributed by atoms with van der Waals surface area (Å²) in [7, 11) is 0. The van der Waals surface area contributed by atoms with Crippen molar-refractivity contribution >= 4 is 5.78 Å². The fourth-order valence-electron chi connectivity index (χ4n) is 1.76. The topological polar surface area (TPSA) is 35.5 Å². The molecule has 1 saturated heterocycles. The fraction of sp³-hybridized carbons (Fsp3) is 0.417. The molecule has 1 aliphatic heterocycles. The third-order valence-electron chi connectivity index (χ3n) is 2.61. The van der Waals surface area contributed by atoms with Gasteiger partial charge in [0.25, 0.3) is 0 Å². The smallest absolute Gasteiger partial charge is 0.376 e. The predicted molar refractivity (Wildman–Crippen MR) is 56.3 cm³/mol. The highest BCUT2D eigenvalue weighted by atomic mass is 19.4. The zero-order valence-corrected chi connectivity index (χ0v) is 9.37. The Morgan fingerprint density at radius 2 is 1.94 bits per heavy atom. The first-order valence-electron chi connectivity index (χ1n) is 5.40. The summed E-state index contributed by atoms with van der Waals surface area (Å²) < 4.78 is 48.4. The molecule has 0 saturated carbocycles. The van der Waals surface area contributed by atoms with Gasteiger partial charge in [0.05, 0.1) is 25.4 Å². The summed E-state index contributed by atoms with van der Waals surface area (Å²) in [5.74, 6) is -0.692. The van der Waals surface area contributed by atoms with E-state index in [0.29, 0.717) is 6.61 Å². The molecule has 1 unspecified atom stereocenters. The number of hydrogen-bond donors (Lipinski definition) is 0. The lowest BCUT2D eigenvalue weighted by Crippen LogP contribution is -2.36. The SMILES string of the molecule is O=C(c1ccccc1C(F)(F)F)C1COCCO1. The maximum absolute atomic E-state index is 12.8. The number of hydrogen-bond acceptors (Lipinski definition) is 3. The van der Waals surface area contributed by atoms with E-state index in [1.165, 1.54) is 12.1 Å². The summed E-state index contributed by atoms with van der Waals surface area (Å²) in [6, 6.07) is 4.68. The standard InChI is InChI=1S/C12H11F3O3/c13-12(14,15)9-4-2-1-3-8(9)11(16)10-7-17-5-6-18-10/h1-4,10H,5-7H2. The molecule has 0 spiro atoms. The summed E-state index contributed by atoms with van der Waals surface area (Å²) >= 11 is 0. The van der Waals surface area contributed by atoms with E-state index in [9.17, 15) is 18.0 Å². The third-order valence-corrected chi connectivity index (χ3v) is 2.61. The Bertz CT molecular complexity index is 436. The van der Waals surface area contributed by atoms with Gasteiger partial charge in [-0.15, -0.1) is 0 Å². The summed E-state index contributed by atoms with van der Waals surface area (Å²) in [6.45, 7) is 0.556. The Labute approximate surface area is 102 Å². The van der Waals surface area contributed by atoms with Crippen LogP contribution in [0.25, 0.3) is 0 Å². The predicted octanol–water partition coefficient (Wildman–Crippen LogP) is 2.30. The van der Waals surface area contributed by atoms with Crippen molar-refractivity contribution in [1.29, 1.82) is 0 Å². The molecule has 0 N–H and O–H groups in total. The van der Waals surface area contributed by atoms with Crippen LogP contribution < -0.4 is 0 Å². The average Bonchev–Trinajstić information content (AvgIpc) is 2.38. The highest BCUT2D eigenvalue weighted by Crippen LogP contribution is 2.32. The summed E-state index contributed by atoms with van der Waals surface area (Å²) in [4.78, 5) is 12.0. The van der Waals surface area contributed by atoms with Crippen molar-refractivity contribution in [1.82, 2.24) is 0 Å². The zero-order chi connectivity index (χ0) is 13.2. The number of carbonyl (C=O) groups is 1. The molecule has 1 aliphatic rings. The molecule has 3 nitrogen and oxygen atoms in total. The lowest BCUT2D eigenvalue weighted by Gasteiger charge is -2.23. The summed E-state index contributed by atoms with van der Waals surface area (Å²) in [6.07, 6.45) is -5.51. The maximum Gasteiger partial charge on any atom is 0.417 e. The van der Waals surface area contributed by atoms with Crippen LogP contribution in [0.5, 0.6) is 0 Å². The Kier molecular flexibility index (Phi) is 3.68. The van der Waals surface area contributed by atoms with Gasteiger partial charge in [0.1, 0.15) is 6.10 Å². The molecule has 1 fully saturated rings. The van der Waals surface area contributed by atoms with E-state index in [1.807, 2.05) is 0 Å². The first-order valence-corrected chi connectivity index (χ1v) is 5.40. The average molecular weight is 260 g/mol. The van der Waals surface area contributed by atoms with E-state index >= 15 is 0 Å². The lowest BCUT2D eigenvalue weighted by atomic mass is 10.00. The first kappa shape index (κ1) is 13.0. The van der Waals surface area contributed by atoms with E-state index in [4.69, 9.17) is 9.47 Å². The molecule has 1 aromatic rings. The van der Waals surface area contributed by atoms with Crippen LogP contribution >= 0.6 is 0 Å². The quantitative estimate of drug-likeness (QED) is 0.765. The van der Waals surface area contributed by atoms with E-state index in [0.717, 1.165) is 12.1 Å². The lowest BCUT2D eigenvalue weighted by molar-refractivity contribution is -0.138. The number of halogens is 3. The van der Waals surface area contributed by atoms with Crippen LogP contribution in [0.1, 0.15) is 15.9 Å². The number of Topliss-reactive ketones (excluding diaryl/α,β-unsaturated/α-hetero) is 1. The van der Waals surface area contributed by atoms with Crippen LogP contribution in [0.2, 0.25) is 0 Å². The largest absolute Gasteiger partial charge is 0.417 e. The van der Waals surface area contributed by atoms with Crippen molar-refractivity contribution in [3.05, 3.63) is 35.4 Å². The van der Waals surface area contributed by atoms with Crippen LogP contribution in [-0.4, -0.2) is 31.7 Å². The molecule has 98 valence electrons. The Morgan fingerprint density at radius 3 is 2.56 bits per heavy atom. The molecule has 1 atom stereocenters. The highest BCUT2D eigenvalue weighted by Gasteiger charge is 2.36. The second-order valence-corrected chi connectivity index (χ2v) is 3.84. The van der Waals surface area contributed by atoms with Gasteiger partial charge >= 0.3 is 6.18 Å². The Hall–Kier alpha value is -1.40. The van der Waals surface area contributed by atoms with Gasteiger partial charge < -0.3 is 9.47 Å². The molecule has 1 heterocycles. The molecule has 18 heavy (non-hydrogen) atoms. The molecule has 1 aromatic carbocycles. The van der Waals surface area contributed by atoms with E-state index in [1.54, 1.807) is 0 Å². The molecule has 0 aliphatic carbocycles. The van der Waals surface area contributed by atoms with Crippen molar-refractivity contribution in [2.75, 3.05) is 19.8 Å². The molecule has 0 aromatic heterocycles. The number of ketones is 1. The highest BCUT2D eigenvalue weighted by molar-refractivity contribution is 6.01. The van der Waals surface area contributed by atoms with E-state index in [2.05, 4.69) is 0 Å². The second kappa shape index (κ2) is 5.07. The van der Waals surface area contributed by atoms with Gasteiger partial charge in [-0.2, -0.15) is 13.2 Å². The van der Waals surface area contributed by atoms with Gasteiger partial charge in [0, 0.05) is 5.56 Å². The van der Waals surface area contributed by atoms with Gasteiger partial charge in [0.2, 0.25) is 0 Å². The normalized spacial score (nSPS) is 20.7. The van der Waals surface area contributed by atoms with E-state index < -0.39 is 23.6 Å². The summed E-state index contributed by atoms with van der Waals surface area (Å²) in [5.41, 5.74) is -1.32. The summed E-state index contributed by atoms with van der Waals surface area (Å²) in [5, 5.41) is 0. The molecule has 0 amide bonds. The number of benzene rings is 1. The van der Waals surface area contributed by atoms with Gasteiger partial charge in [-0.1, -0.05) is 18.2 Å². The minimum absolute atomic E-state index is 0.00890. The maximum atomic E-state index is 12.8.